The van der Waals surface area contributed by atoms with Gasteiger partial charge in [0, 0.05) is 18.9 Å². The van der Waals surface area contributed by atoms with E-state index in [2.05, 4.69) is 0 Å². The fourth-order valence-electron chi connectivity index (χ4n) is 1.48. The SMILES string of the molecule is CC(CN)CCC(=O)OCC1CCOC1. The molecule has 2 N–H and O–H groups in total. The smallest absolute Gasteiger partial charge is 0.305 e. The number of carbonyl (C=O) groups is 1. The molecule has 1 aliphatic heterocycles. The molecule has 0 spiro atoms. The maximum absolute atomic E-state index is 11.3. The zero-order chi connectivity index (χ0) is 11.1. The Morgan fingerprint density at radius 3 is 3.07 bits per heavy atom. The van der Waals surface area contributed by atoms with Gasteiger partial charge in [-0.25, -0.2) is 0 Å². The molecule has 0 saturated carbocycles. The summed E-state index contributed by atoms with van der Waals surface area (Å²) >= 11 is 0. The van der Waals surface area contributed by atoms with Crippen LogP contribution in [0.2, 0.25) is 0 Å². The van der Waals surface area contributed by atoms with Gasteiger partial charge in [-0.15, -0.1) is 0 Å². The lowest BCUT2D eigenvalue weighted by Crippen LogP contribution is -2.16. The highest BCUT2D eigenvalue weighted by Gasteiger charge is 2.17. The Morgan fingerprint density at radius 1 is 1.67 bits per heavy atom. The van der Waals surface area contributed by atoms with Gasteiger partial charge in [0.2, 0.25) is 0 Å². The van der Waals surface area contributed by atoms with Crippen LogP contribution in [0, 0.1) is 11.8 Å². The van der Waals surface area contributed by atoms with Crippen LogP contribution in [0.3, 0.4) is 0 Å². The minimum Gasteiger partial charge on any atom is -0.465 e. The summed E-state index contributed by atoms with van der Waals surface area (Å²) in [5.74, 6) is 0.690. The first-order chi connectivity index (χ1) is 7.22. The Bertz CT molecular complexity index is 190. The third kappa shape index (κ3) is 5.14. The molecule has 1 fully saturated rings. The highest BCUT2D eigenvalue weighted by Crippen LogP contribution is 2.13. The second-order valence-electron chi connectivity index (χ2n) is 4.29. The van der Waals surface area contributed by atoms with Crippen molar-refractivity contribution < 1.29 is 14.3 Å². The van der Waals surface area contributed by atoms with E-state index in [1.165, 1.54) is 0 Å². The summed E-state index contributed by atoms with van der Waals surface area (Å²) in [6.45, 7) is 4.70. The van der Waals surface area contributed by atoms with Gasteiger partial charge in [0.15, 0.2) is 0 Å². The van der Waals surface area contributed by atoms with Crippen molar-refractivity contribution in [2.75, 3.05) is 26.4 Å². The Balaban J connectivity index is 2.02. The van der Waals surface area contributed by atoms with Crippen LogP contribution in [0.15, 0.2) is 0 Å². The highest BCUT2D eigenvalue weighted by molar-refractivity contribution is 5.69. The van der Waals surface area contributed by atoms with E-state index in [9.17, 15) is 4.79 Å². The van der Waals surface area contributed by atoms with Crippen LogP contribution in [-0.2, 0) is 14.3 Å². The first-order valence-electron chi connectivity index (χ1n) is 5.65. The van der Waals surface area contributed by atoms with Gasteiger partial charge in [-0.3, -0.25) is 4.79 Å². The number of hydrogen-bond acceptors (Lipinski definition) is 4. The molecule has 1 aliphatic rings. The maximum atomic E-state index is 11.3. The molecule has 4 nitrogen and oxygen atoms in total. The van der Waals surface area contributed by atoms with Gasteiger partial charge >= 0.3 is 5.97 Å². The number of ether oxygens (including phenoxy) is 2. The zero-order valence-electron chi connectivity index (χ0n) is 9.41. The van der Waals surface area contributed by atoms with Crippen molar-refractivity contribution in [3.63, 3.8) is 0 Å². The lowest BCUT2D eigenvalue weighted by molar-refractivity contribution is -0.145. The zero-order valence-corrected chi connectivity index (χ0v) is 9.41. The lowest BCUT2D eigenvalue weighted by Gasteiger charge is -2.10. The van der Waals surface area contributed by atoms with E-state index >= 15 is 0 Å². The quantitative estimate of drug-likeness (QED) is 0.670. The Morgan fingerprint density at radius 2 is 2.47 bits per heavy atom. The van der Waals surface area contributed by atoms with Gasteiger partial charge in [0.1, 0.15) is 0 Å². The van der Waals surface area contributed by atoms with Gasteiger partial charge in [-0.1, -0.05) is 6.92 Å². The van der Waals surface area contributed by atoms with Crippen molar-refractivity contribution >= 4 is 5.97 Å². The van der Waals surface area contributed by atoms with Crippen LogP contribution in [0.1, 0.15) is 26.2 Å². The average Bonchev–Trinajstić information content (AvgIpc) is 2.75. The van der Waals surface area contributed by atoms with Crippen LogP contribution < -0.4 is 5.73 Å². The van der Waals surface area contributed by atoms with E-state index in [-0.39, 0.29) is 5.97 Å². The molecule has 1 rings (SSSR count). The summed E-state index contributed by atoms with van der Waals surface area (Å²) < 4.78 is 10.4. The van der Waals surface area contributed by atoms with Gasteiger partial charge in [-0.05, 0) is 25.3 Å². The molecule has 88 valence electrons. The van der Waals surface area contributed by atoms with Crippen molar-refractivity contribution in [1.82, 2.24) is 0 Å². The molecule has 0 radical (unpaired) electrons. The molecular weight excluding hydrogens is 194 g/mol. The van der Waals surface area contributed by atoms with Crippen molar-refractivity contribution in [2.24, 2.45) is 17.6 Å². The molecule has 0 aliphatic carbocycles. The molecule has 0 aromatic heterocycles. The van der Waals surface area contributed by atoms with Crippen LogP contribution in [0.4, 0.5) is 0 Å². The summed E-state index contributed by atoms with van der Waals surface area (Å²) in [7, 11) is 0. The average molecular weight is 215 g/mol. The van der Waals surface area contributed by atoms with E-state index in [0.29, 0.717) is 31.4 Å². The van der Waals surface area contributed by atoms with Crippen molar-refractivity contribution in [3.8, 4) is 0 Å². The molecule has 2 unspecified atom stereocenters. The number of rotatable bonds is 6. The number of carbonyl (C=O) groups excluding carboxylic acids is 1. The van der Waals surface area contributed by atoms with E-state index in [0.717, 1.165) is 26.1 Å². The van der Waals surface area contributed by atoms with E-state index in [1.807, 2.05) is 6.92 Å². The van der Waals surface area contributed by atoms with Crippen molar-refractivity contribution in [3.05, 3.63) is 0 Å². The van der Waals surface area contributed by atoms with E-state index < -0.39 is 0 Å². The van der Waals surface area contributed by atoms with Crippen molar-refractivity contribution in [2.45, 2.75) is 26.2 Å². The Hall–Kier alpha value is -0.610. The topological polar surface area (TPSA) is 61.6 Å². The third-order valence-electron chi connectivity index (χ3n) is 2.75. The normalized spacial score (nSPS) is 22.7. The minimum atomic E-state index is -0.109. The summed E-state index contributed by atoms with van der Waals surface area (Å²) in [4.78, 5) is 11.3. The number of nitrogens with two attached hydrogens (primary N) is 1. The summed E-state index contributed by atoms with van der Waals surface area (Å²) in [6.07, 6.45) is 2.30. The molecule has 2 atom stereocenters. The first kappa shape index (κ1) is 12.5. The van der Waals surface area contributed by atoms with Crippen LogP contribution in [0.5, 0.6) is 0 Å². The second-order valence-corrected chi connectivity index (χ2v) is 4.29. The van der Waals surface area contributed by atoms with E-state index in [4.69, 9.17) is 15.2 Å². The van der Waals surface area contributed by atoms with Gasteiger partial charge in [-0.2, -0.15) is 0 Å². The summed E-state index contributed by atoms with van der Waals surface area (Å²) in [5, 5.41) is 0. The second kappa shape index (κ2) is 6.80. The molecular formula is C11H21NO3. The predicted octanol–water partition coefficient (Wildman–Crippen LogP) is 0.941. The lowest BCUT2D eigenvalue weighted by atomic mass is 10.1. The first-order valence-corrected chi connectivity index (χ1v) is 5.65. The number of hydrogen-bond donors (Lipinski definition) is 1. The van der Waals surface area contributed by atoms with Crippen LogP contribution in [0.25, 0.3) is 0 Å². The molecule has 0 aromatic carbocycles. The summed E-state index contributed by atoms with van der Waals surface area (Å²) in [5.41, 5.74) is 5.46. The molecule has 1 saturated heterocycles. The fourth-order valence-corrected chi connectivity index (χ4v) is 1.48. The third-order valence-corrected chi connectivity index (χ3v) is 2.75. The molecule has 0 amide bonds. The highest BCUT2D eigenvalue weighted by atomic mass is 16.5. The molecule has 1 heterocycles. The molecule has 4 heteroatoms. The maximum Gasteiger partial charge on any atom is 0.305 e. The summed E-state index contributed by atoms with van der Waals surface area (Å²) in [6, 6.07) is 0. The van der Waals surface area contributed by atoms with Gasteiger partial charge < -0.3 is 15.2 Å². The molecule has 0 aromatic rings. The van der Waals surface area contributed by atoms with Crippen molar-refractivity contribution in [1.29, 1.82) is 0 Å². The predicted molar refractivity (Wildman–Crippen MR) is 57.3 cm³/mol. The Kier molecular flexibility index (Phi) is 5.65. The van der Waals surface area contributed by atoms with Crippen LogP contribution in [-0.4, -0.2) is 32.3 Å². The van der Waals surface area contributed by atoms with Gasteiger partial charge in [0.05, 0.1) is 13.2 Å². The monoisotopic (exact) mass is 215 g/mol. The molecule has 0 bridgehead atoms. The van der Waals surface area contributed by atoms with E-state index in [1.54, 1.807) is 0 Å². The van der Waals surface area contributed by atoms with Crippen LogP contribution >= 0.6 is 0 Å². The standard InChI is InChI=1S/C11H21NO3/c1-9(6-12)2-3-11(13)15-8-10-4-5-14-7-10/h9-10H,2-8,12H2,1H3. The number of esters is 1. The molecule has 15 heavy (non-hydrogen) atoms. The Labute approximate surface area is 91.1 Å². The largest absolute Gasteiger partial charge is 0.465 e. The minimum absolute atomic E-state index is 0.109. The van der Waals surface area contributed by atoms with Gasteiger partial charge in [0.25, 0.3) is 0 Å². The fraction of sp³-hybridized carbons (Fsp3) is 0.909.